The number of nitrogens with one attached hydrogen (secondary N) is 1. The van der Waals surface area contributed by atoms with Crippen molar-refractivity contribution in [1.82, 2.24) is 15.2 Å². The number of benzene rings is 2. The largest absolute Gasteiger partial charge is 0.497 e. The van der Waals surface area contributed by atoms with Gasteiger partial charge in [0.15, 0.2) is 0 Å². The lowest BCUT2D eigenvalue weighted by Crippen LogP contribution is -2.42. The number of ether oxygens (including phenoxy) is 1. The molecule has 3 unspecified atom stereocenters. The Morgan fingerprint density at radius 2 is 1.83 bits per heavy atom. The molecule has 2 saturated heterocycles. The van der Waals surface area contributed by atoms with E-state index in [1.54, 1.807) is 25.4 Å². The first-order valence-electron chi connectivity index (χ1n) is 16.4. The summed E-state index contributed by atoms with van der Waals surface area (Å²) in [6, 6.07) is 16.6. The van der Waals surface area contributed by atoms with Crippen LogP contribution in [0.5, 0.6) is 5.75 Å². The number of methoxy groups -OCH3 is 1. The van der Waals surface area contributed by atoms with Crippen LogP contribution in [0.4, 0.5) is 4.39 Å². The second kappa shape index (κ2) is 17.9. The summed E-state index contributed by atoms with van der Waals surface area (Å²) in [5.41, 5.74) is 2.29. The molecule has 1 aromatic heterocycles. The number of aliphatic hydroxyl groups excluding tert-OH is 1. The zero-order valence-electron chi connectivity index (χ0n) is 26.7. The minimum Gasteiger partial charge on any atom is -0.497 e. The van der Waals surface area contributed by atoms with Gasteiger partial charge in [0.1, 0.15) is 11.9 Å². The molecule has 46 heavy (non-hydrogen) atoms. The quantitative estimate of drug-likeness (QED) is 0.177. The molecule has 0 amide bonds. The van der Waals surface area contributed by atoms with Crippen LogP contribution in [0.25, 0.3) is 10.9 Å². The van der Waals surface area contributed by atoms with E-state index in [0.717, 1.165) is 61.8 Å². The third kappa shape index (κ3) is 10.7. The van der Waals surface area contributed by atoms with Crippen LogP contribution in [-0.4, -0.2) is 77.0 Å². The molecule has 0 bridgehead atoms. The lowest BCUT2D eigenvalue weighted by molar-refractivity contribution is -0.139. The van der Waals surface area contributed by atoms with Crippen molar-refractivity contribution in [2.45, 2.75) is 63.6 Å². The number of aliphatic hydroxyl groups is 1. The van der Waals surface area contributed by atoms with Gasteiger partial charge in [0.2, 0.25) is 0 Å². The maximum Gasteiger partial charge on any atom is 0.303 e. The Morgan fingerprint density at radius 3 is 2.52 bits per heavy atom. The monoisotopic (exact) mass is 637 g/mol. The maximum absolute atomic E-state index is 14.6. The molecule has 2 aromatic carbocycles. The number of likely N-dealkylation sites (tertiary alicyclic amines) is 1. The van der Waals surface area contributed by atoms with Crippen LogP contribution >= 0.6 is 0 Å². The number of halogens is 1. The summed E-state index contributed by atoms with van der Waals surface area (Å²) in [7, 11) is 1.61. The van der Waals surface area contributed by atoms with E-state index in [1.165, 1.54) is 0 Å². The molecule has 2 aliphatic rings. The summed E-state index contributed by atoms with van der Waals surface area (Å²) in [5, 5.41) is 33.0. The summed E-state index contributed by atoms with van der Waals surface area (Å²) < 4.78 is 20.0. The molecule has 3 aromatic rings. The number of rotatable bonds is 13. The Balaban J connectivity index is 0.000000409. The molecule has 2 aliphatic heterocycles. The van der Waals surface area contributed by atoms with Gasteiger partial charge in [-0.1, -0.05) is 30.3 Å². The van der Waals surface area contributed by atoms with E-state index in [0.29, 0.717) is 49.6 Å². The summed E-state index contributed by atoms with van der Waals surface area (Å²) in [6.45, 7) is 3.99. The van der Waals surface area contributed by atoms with Crippen LogP contribution in [0, 0.1) is 17.8 Å². The fourth-order valence-electron chi connectivity index (χ4n) is 6.76. The van der Waals surface area contributed by atoms with E-state index in [9.17, 15) is 24.2 Å². The van der Waals surface area contributed by atoms with Crippen molar-refractivity contribution in [3.05, 3.63) is 71.9 Å². The van der Waals surface area contributed by atoms with Crippen molar-refractivity contribution in [3.8, 4) is 5.75 Å². The normalized spacial score (nSPS) is 21.5. The van der Waals surface area contributed by atoms with Gasteiger partial charge in [-0.25, -0.2) is 4.39 Å². The number of carbonyl (C=O) groups is 2. The number of fused-ring (bicyclic) bond motifs is 1. The van der Waals surface area contributed by atoms with E-state index < -0.39 is 24.2 Å². The smallest absolute Gasteiger partial charge is 0.303 e. The molecule has 9 nitrogen and oxygen atoms in total. The van der Waals surface area contributed by atoms with E-state index in [4.69, 9.17) is 9.84 Å². The second-order valence-electron chi connectivity index (χ2n) is 12.6. The Labute approximate surface area is 270 Å². The van der Waals surface area contributed by atoms with Crippen molar-refractivity contribution < 1.29 is 34.0 Å². The van der Waals surface area contributed by atoms with Crippen LogP contribution in [0.15, 0.2) is 60.8 Å². The predicted molar refractivity (Wildman–Crippen MR) is 176 cm³/mol. The van der Waals surface area contributed by atoms with E-state index in [2.05, 4.69) is 15.2 Å². The highest BCUT2D eigenvalue weighted by Gasteiger charge is 2.31. The van der Waals surface area contributed by atoms with Gasteiger partial charge in [-0.15, -0.1) is 0 Å². The fourth-order valence-corrected chi connectivity index (χ4v) is 6.76. The molecule has 0 saturated carbocycles. The first-order valence-corrected chi connectivity index (χ1v) is 16.4. The van der Waals surface area contributed by atoms with Gasteiger partial charge in [0.25, 0.3) is 0 Å². The summed E-state index contributed by atoms with van der Waals surface area (Å²) in [6.07, 6.45) is 5.12. The summed E-state index contributed by atoms with van der Waals surface area (Å²) >= 11 is 0. The van der Waals surface area contributed by atoms with Crippen molar-refractivity contribution in [3.63, 3.8) is 0 Å². The second-order valence-corrected chi connectivity index (χ2v) is 12.6. The van der Waals surface area contributed by atoms with Crippen LogP contribution in [0.2, 0.25) is 0 Å². The Bertz CT molecular complexity index is 1390. The topological polar surface area (TPSA) is 132 Å². The molecule has 3 heterocycles. The number of carboxylic acids is 2. The number of piperidine rings is 2. The maximum atomic E-state index is 14.6. The summed E-state index contributed by atoms with van der Waals surface area (Å²) in [5.74, 6) is -0.231. The van der Waals surface area contributed by atoms with Gasteiger partial charge < -0.3 is 30.3 Å². The van der Waals surface area contributed by atoms with Crippen LogP contribution < -0.4 is 10.1 Å². The third-order valence-electron chi connectivity index (χ3n) is 9.29. The minimum atomic E-state index is -1.02. The average molecular weight is 638 g/mol. The zero-order chi connectivity index (χ0) is 32.9. The number of aromatic nitrogens is 1. The van der Waals surface area contributed by atoms with Crippen LogP contribution in [-0.2, 0) is 9.59 Å². The Kier molecular flexibility index (Phi) is 13.7. The third-order valence-corrected chi connectivity index (χ3v) is 9.29. The molecule has 5 rings (SSSR count). The number of hydrogen-bond acceptors (Lipinski definition) is 7. The van der Waals surface area contributed by atoms with Crippen molar-refractivity contribution in [2.75, 3.05) is 39.8 Å². The zero-order valence-corrected chi connectivity index (χ0v) is 26.7. The Morgan fingerprint density at radius 1 is 1.04 bits per heavy atom. The SMILES string of the molecule is COc1ccc2nccc(C(O)CC[C@@H]3CCN(CCC(F)c4ccccc4)C[C@@H]3CC(=O)O)c2c1.O=C(O)CC1CCCNC1. The number of nitrogens with zero attached hydrogens (tertiary/aromatic N) is 2. The van der Waals surface area contributed by atoms with Crippen molar-refractivity contribution >= 4 is 22.8 Å². The van der Waals surface area contributed by atoms with Gasteiger partial charge in [-0.3, -0.25) is 14.6 Å². The molecule has 2 fully saturated rings. The molecular formula is C36H48FN3O6. The predicted octanol–water partition coefficient (Wildman–Crippen LogP) is 6.03. The molecular weight excluding hydrogens is 589 g/mol. The number of carboxylic acid groups (broad SMARTS) is 2. The average Bonchev–Trinajstić information content (AvgIpc) is 3.06. The molecule has 0 spiro atoms. The Hall–Kier alpha value is -3.60. The van der Waals surface area contributed by atoms with Gasteiger partial charge in [-0.2, -0.15) is 0 Å². The molecule has 10 heteroatoms. The van der Waals surface area contributed by atoms with E-state index in [-0.39, 0.29) is 18.3 Å². The van der Waals surface area contributed by atoms with Gasteiger partial charge in [-0.05, 0) is 111 Å². The number of aliphatic carboxylic acids is 2. The lowest BCUT2D eigenvalue weighted by atomic mass is 9.79. The molecule has 5 atom stereocenters. The molecule has 250 valence electrons. The minimum absolute atomic E-state index is 0.0208. The summed E-state index contributed by atoms with van der Waals surface area (Å²) in [4.78, 5) is 28.4. The molecule has 0 radical (unpaired) electrons. The fraction of sp³-hybridized carbons (Fsp3) is 0.528. The first kappa shape index (κ1) is 35.3. The van der Waals surface area contributed by atoms with Crippen molar-refractivity contribution in [1.29, 1.82) is 0 Å². The van der Waals surface area contributed by atoms with Crippen LogP contribution in [0.3, 0.4) is 0 Å². The number of alkyl halides is 1. The van der Waals surface area contributed by atoms with Gasteiger partial charge in [0, 0.05) is 37.5 Å². The van der Waals surface area contributed by atoms with Crippen molar-refractivity contribution in [2.24, 2.45) is 17.8 Å². The highest BCUT2D eigenvalue weighted by Crippen LogP contribution is 2.35. The van der Waals surface area contributed by atoms with Gasteiger partial charge >= 0.3 is 11.9 Å². The molecule has 0 aliphatic carbocycles. The number of hydrogen-bond donors (Lipinski definition) is 4. The first-order chi connectivity index (χ1) is 22.2. The highest BCUT2D eigenvalue weighted by molar-refractivity contribution is 5.83. The van der Waals surface area contributed by atoms with Crippen LogP contribution in [0.1, 0.15) is 74.8 Å². The lowest BCUT2D eigenvalue weighted by Gasteiger charge is -2.38. The number of pyridine rings is 1. The van der Waals surface area contributed by atoms with E-state index >= 15 is 0 Å². The standard InChI is InChI=1S/C29H35FN2O4.C7H13NO2/c1-36-23-8-9-27-25(18-23)24(11-14-31-27)28(33)10-7-20-12-15-32(19-22(20)17-29(34)35)16-13-26(30)21-5-3-2-4-6-21;9-7(10)4-6-2-1-3-8-5-6/h2-6,8-9,11,14,18,20,22,26,28,33H,7,10,12-13,15-17,19H2,1H3,(H,34,35);6,8H,1-5H2,(H,9,10)/t20-,22+,26?,28?;/m1./s1. The van der Waals surface area contributed by atoms with Gasteiger partial charge in [0.05, 0.1) is 18.7 Å². The van der Waals surface area contributed by atoms with E-state index in [1.807, 2.05) is 42.5 Å². The highest BCUT2D eigenvalue weighted by atomic mass is 19.1. The molecule has 4 N–H and O–H groups in total.